The first-order valence-corrected chi connectivity index (χ1v) is 7.78. The highest BCUT2D eigenvalue weighted by Gasteiger charge is 2.16. The van der Waals surface area contributed by atoms with Gasteiger partial charge >= 0.3 is 0 Å². The highest BCUT2D eigenvalue weighted by molar-refractivity contribution is 7.17. The second kappa shape index (κ2) is 4.95. The van der Waals surface area contributed by atoms with Crippen molar-refractivity contribution >= 4 is 32.2 Å². The monoisotopic (exact) mass is 290 g/mol. The van der Waals surface area contributed by atoms with Crippen LogP contribution in [0.4, 0.5) is 0 Å². The van der Waals surface area contributed by atoms with Crippen LogP contribution >= 0.6 is 11.3 Å². The number of nitrogens with two attached hydrogens (primary N) is 1. The molecule has 2 aromatic heterocycles. The van der Waals surface area contributed by atoms with Gasteiger partial charge in [-0.05, 0) is 33.8 Å². The summed E-state index contributed by atoms with van der Waals surface area (Å²) in [6.45, 7) is 0. The SMILES string of the molecule is NC(c1nccc2ccccc12)c1cccc2ccsc12. The van der Waals surface area contributed by atoms with Gasteiger partial charge < -0.3 is 5.73 Å². The molecule has 2 N–H and O–H groups in total. The van der Waals surface area contributed by atoms with Gasteiger partial charge in [-0.2, -0.15) is 0 Å². The molecule has 0 saturated heterocycles. The Kier molecular flexibility index (Phi) is 2.95. The minimum atomic E-state index is -0.210. The van der Waals surface area contributed by atoms with Gasteiger partial charge in [-0.1, -0.05) is 42.5 Å². The van der Waals surface area contributed by atoms with E-state index in [9.17, 15) is 0 Å². The molecule has 2 heterocycles. The fourth-order valence-electron chi connectivity index (χ4n) is 2.80. The van der Waals surface area contributed by atoms with E-state index in [1.54, 1.807) is 11.3 Å². The van der Waals surface area contributed by atoms with E-state index in [-0.39, 0.29) is 6.04 Å². The second-order valence-electron chi connectivity index (χ2n) is 5.08. The van der Waals surface area contributed by atoms with Gasteiger partial charge in [0.15, 0.2) is 0 Å². The van der Waals surface area contributed by atoms with Gasteiger partial charge in [-0.25, -0.2) is 0 Å². The van der Waals surface area contributed by atoms with Crippen molar-refractivity contribution in [1.82, 2.24) is 4.98 Å². The third-order valence-corrected chi connectivity index (χ3v) is 4.82. The zero-order valence-corrected chi connectivity index (χ0v) is 12.2. The fourth-order valence-corrected chi connectivity index (χ4v) is 3.75. The zero-order chi connectivity index (χ0) is 14.2. The first-order chi connectivity index (χ1) is 10.3. The van der Waals surface area contributed by atoms with E-state index < -0.39 is 0 Å². The van der Waals surface area contributed by atoms with Gasteiger partial charge in [0.25, 0.3) is 0 Å². The minimum absolute atomic E-state index is 0.210. The Morgan fingerprint density at radius 1 is 0.905 bits per heavy atom. The summed E-state index contributed by atoms with van der Waals surface area (Å²) in [4.78, 5) is 4.55. The van der Waals surface area contributed by atoms with E-state index in [4.69, 9.17) is 5.73 Å². The first kappa shape index (κ1) is 12.5. The van der Waals surface area contributed by atoms with E-state index >= 15 is 0 Å². The molecule has 0 radical (unpaired) electrons. The van der Waals surface area contributed by atoms with Crippen LogP contribution in [-0.2, 0) is 0 Å². The largest absolute Gasteiger partial charge is 0.319 e. The summed E-state index contributed by atoms with van der Waals surface area (Å²) in [6.07, 6.45) is 1.84. The molecule has 0 aliphatic heterocycles. The molecule has 0 saturated carbocycles. The number of rotatable bonds is 2. The average Bonchev–Trinajstić information content (AvgIpc) is 3.02. The van der Waals surface area contributed by atoms with Crippen molar-refractivity contribution in [2.24, 2.45) is 5.73 Å². The third-order valence-electron chi connectivity index (χ3n) is 3.84. The van der Waals surface area contributed by atoms with Crippen LogP contribution in [0.1, 0.15) is 17.3 Å². The number of aromatic nitrogens is 1. The molecule has 2 nitrogen and oxygen atoms in total. The molecule has 0 aliphatic carbocycles. The number of benzene rings is 2. The number of pyridine rings is 1. The number of nitrogens with zero attached hydrogens (tertiary/aromatic N) is 1. The van der Waals surface area contributed by atoms with Gasteiger partial charge in [0.05, 0.1) is 11.7 Å². The van der Waals surface area contributed by atoms with Gasteiger partial charge in [0, 0.05) is 16.3 Å². The summed E-state index contributed by atoms with van der Waals surface area (Å²) in [6, 6.07) is 18.5. The van der Waals surface area contributed by atoms with E-state index in [0.29, 0.717) is 0 Å². The minimum Gasteiger partial charge on any atom is -0.319 e. The van der Waals surface area contributed by atoms with Crippen LogP contribution in [0.2, 0.25) is 0 Å². The lowest BCUT2D eigenvalue weighted by atomic mass is 9.98. The maximum absolute atomic E-state index is 6.55. The van der Waals surface area contributed by atoms with E-state index in [2.05, 4.69) is 46.8 Å². The molecule has 0 fully saturated rings. The van der Waals surface area contributed by atoms with Crippen molar-refractivity contribution in [1.29, 1.82) is 0 Å². The molecule has 102 valence electrons. The van der Waals surface area contributed by atoms with Crippen LogP contribution in [0.5, 0.6) is 0 Å². The number of hydrogen-bond acceptors (Lipinski definition) is 3. The molecule has 4 rings (SSSR count). The van der Waals surface area contributed by atoms with Crippen LogP contribution in [0, 0.1) is 0 Å². The van der Waals surface area contributed by atoms with Crippen LogP contribution in [0.3, 0.4) is 0 Å². The normalized spacial score (nSPS) is 12.8. The Bertz CT molecular complexity index is 921. The summed E-state index contributed by atoms with van der Waals surface area (Å²) in [7, 11) is 0. The molecule has 1 unspecified atom stereocenters. The van der Waals surface area contributed by atoms with Crippen molar-refractivity contribution < 1.29 is 0 Å². The number of fused-ring (bicyclic) bond motifs is 2. The third kappa shape index (κ3) is 2.02. The highest BCUT2D eigenvalue weighted by Crippen LogP contribution is 2.32. The standard InChI is InChI=1S/C18H14N2S/c19-16(15-7-3-5-13-9-11-21-18(13)15)17-14-6-2-1-4-12(14)8-10-20-17/h1-11,16H,19H2. The topological polar surface area (TPSA) is 38.9 Å². The molecular formula is C18H14N2S. The molecule has 0 bridgehead atoms. The van der Waals surface area contributed by atoms with Crippen LogP contribution in [0.15, 0.2) is 66.2 Å². The summed E-state index contributed by atoms with van der Waals surface area (Å²) in [5, 5.41) is 5.66. The fraction of sp³-hybridized carbons (Fsp3) is 0.0556. The molecule has 0 spiro atoms. The summed E-state index contributed by atoms with van der Waals surface area (Å²) in [5.41, 5.74) is 8.64. The lowest BCUT2D eigenvalue weighted by Gasteiger charge is -2.15. The summed E-state index contributed by atoms with van der Waals surface area (Å²) >= 11 is 1.73. The van der Waals surface area contributed by atoms with E-state index in [1.807, 2.05) is 24.4 Å². The smallest absolute Gasteiger partial charge is 0.0746 e. The van der Waals surface area contributed by atoms with Gasteiger partial charge in [0.1, 0.15) is 0 Å². The molecule has 3 heteroatoms. The summed E-state index contributed by atoms with van der Waals surface area (Å²) in [5.74, 6) is 0. The zero-order valence-electron chi connectivity index (χ0n) is 11.4. The molecule has 1 atom stereocenters. The van der Waals surface area contributed by atoms with Crippen molar-refractivity contribution in [3.63, 3.8) is 0 Å². The molecule has 4 aromatic rings. The van der Waals surface area contributed by atoms with Crippen molar-refractivity contribution in [2.75, 3.05) is 0 Å². The number of hydrogen-bond donors (Lipinski definition) is 1. The van der Waals surface area contributed by atoms with Crippen LogP contribution < -0.4 is 5.73 Å². The Hall–Kier alpha value is -2.23. The summed E-state index contributed by atoms with van der Waals surface area (Å²) < 4.78 is 1.25. The average molecular weight is 290 g/mol. The van der Waals surface area contributed by atoms with Crippen molar-refractivity contribution in [3.05, 3.63) is 77.4 Å². The Morgan fingerprint density at radius 2 is 1.76 bits per heavy atom. The Labute approximate surface area is 126 Å². The van der Waals surface area contributed by atoms with Crippen LogP contribution in [-0.4, -0.2) is 4.98 Å². The molecule has 21 heavy (non-hydrogen) atoms. The Morgan fingerprint density at radius 3 is 2.71 bits per heavy atom. The van der Waals surface area contributed by atoms with Gasteiger partial charge in [-0.3, -0.25) is 4.98 Å². The molecule has 0 aliphatic rings. The van der Waals surface area contributed by atoms with E-state index in [0.717, 1.165) is 16.6 Å². The molecule has 0 amide bonds. The predicted molar refractivity (Wildman–Crippen MR) is 89.6 cm³/mol. The lowest BCUT2D eigenvalue weighted by Crippen LogP contribution is -2.14. The molecule has 2 aromatic carbocycles. The predicted octanol–water partition coefficient (Wildman–Crippen LogP) is 4.50. The second-order valence-corrected chi connectivity index (χ2v) is 6.00. The van der Waals surface area contributed by atoms with Crippen molar-refractivity contribution in [3.8, 4) is 0 Å². The van der Waals surface area contributed by atoms with Crippen LogP contribution in [0.25, 0.3) is 20.9 Å². The van der Waals surface area contributed by atoms with Gasteiger partial charge in [0.2, 0.25) is 0 Å². The molecular weight excluding hydrogens is 276 g/mol. The van der Waals surface area contributed by atoms with Crippen molar-refractivity contribution in [2.45, 2.75) is 6.04 Å². The number of thiophene rings is 1. The van der Waals surface area contributed by atoms with E-state index in [1.165, 1.54) is 15.5 Å². The lowest BCUT2D eigenvalue weighted by molar-refractivity contribution is 0.850. The first-order valence-electron chi connectivity index (χ1n) is 6.90. The Balaban J connectivity index is 1.94. The highest BCUT2D eigenvalue weighted by atomic mass is 32.1. The maximum atomic E-state index is 6.55. The maximum Gasteiger partial charge on any atom is 0.0746 e. The quantitative estimate of drug-likeness (QED) is 0.590. The van der Waals surface area contributed by atoms with Gasteiger partial charge in [-0.15, -0.1) is 11.3 Å².